The lowest BCUT2D eigenvalue weighted by atomic mass is 10.1. The van der Waals surface area contributed by atoms with Crippen LogP contribution in [-0.4, -0.2) is 48.1 Å². The third-order valence-electron chi connectivity index (χ3n) is 4.74. The lowest BCUT2D eigenvalue weighted by Gasteiger charge is -2.23. The number of hydrogen-bond donors (Lipinski definition) is 0. The molecule has 1 aliphatic rings. The van der Waals surface area contributed by atoms with Crippen molar-refractivity contribution < 1.29 is 13.2 Å². The molecule has 0 aliphatic carbocycles. The molecule has 0 atom stereocenters. The Morgan fingerprint density at radius 1 is 1.28 bits per heavy atom. The van der Waals surface area contributed by atoms with Crippen LogP contribution < -0.4 is 0 Å². The van der Waals surface area contributed by atoms with Crippen LogP contribution in [0.25, 0.3) is 0 Å². The van der Waals surface area contributed by atoms with Crippen LogP contribution >= 0.6 is 11.6 Å². The van der Waals surface area contributed by atoms with E-state index in [1.54, 1.807) is 18.5 Å². The van der Waals surface area contributed by atoms with Gasteiger partial charge in [0.1, 0.15) is 4.90 Å². The standard InChI is InChI=1S/C20H21ClN4O3S/c21-18-7-6-17(13-19(18)29(27,28)25-11-1-2-12-25)20(26)24(10-4-8-22)15-16-5-3-9-23-14-16/h3,5-7,9,13-14H,1-2,4,10-12,15H2. The number of carbonyl (C=O) groups is 1. The zero-order valence-corrected chi connectivity index (χ0v) is 17.4. The monoisotopic (exact) mass is 432 g/mol. The third kappa shape index (κ3) is 4.93. The minimum Gasteiger partial charge on any atom is -0.333 e. The lowest BCUT2D eigenvalue weighted by Crippen LogP contribution is -2.32. The first-order valence-electron chi connectivity index (χ1n) is 9.28. The maximum atomic E-state index is 13.1. The molecule has 0 bridgehead atoms. The summed E-state index contributed by atoms with van der Waals surface area (Å²) in [5.41, 5.74) is 1.03. The number of nitriles is 1. The van der Waals surface area contributed by atoms with Crippen molar-refractivity contribution >= 4 is 27.5 Å². The molecule has 0 saturated carbocycles. The Balaban J connectivity index is 1.91. The van der Waals surface area contributed by atoms with E-state index in [1.165, 1.54) is 27.4 Å². The molecule has 0 N–H and O–H groups in total. The van der Waals surface area contributed by atoms with Crippen molar-refractivity contribution in [2.45, 2.75) is 30.7 Å². The zero-order valence-electron chi connectivity index (χ0n) is 15.8. The normalized spacial score (nSPS) is 14.5. The number of hydrogen-bond acceptors (Lipinski definition) is 5. The Kier molecular flexibility index (Phi) is 6.85. The van der Waals surface area contributed by atoms with E-state index < -0.39 is 10.0 Å². The summed E-state index contributed by atoms with van der Waals surface area (Å²) < 4.78 is 27.3. The molecule has 2 aromatic rings. The molecule has 29 heavy (non-hydrogen) atoms. The van der Waals surface area contributed by atoms with Crippen LogP contribution in [-0.2, 0) is 16.6 Å². The summed E-state index contributed by atoms with van der Waals surface area (Å²) in [6.07, 6.45) is 5.07. The molecule has 1 aromatic heterocycles. The van der Waals surface area contributed by atoms with Crippen molar-refractivity contribution in [2.24, 2.45) is 0 Å². The molecule has 152 valence electrons. The number of amides is 1. The Bertz CT molecular complexity index is 1020. The molecule has 2 heterocycles. The molecule has 1 aliphatic heterocycles. The van der Waals surface area contributed by atoms with Crippen LogP contribution in [0.1, 0.15) is 35.2 Å². The molecular weight excluding hydrogens is 412 g/mol. The van der Waals surface area contributed by atoms with E-state index in [1.807, 2.05) is 12.1 Å². The number of carbonyl (C=O) groups excluding carboxylic acids is 1. The highest BCUT2D eigenvalue weighted by Crippen LogP contribution is 2.28. The van der Waals surface area contributed by atoms with Gasteiger partial charge in [-0.2, -0.15) is 9.57 Å². The number of sulfonamides is 1. The van der Waals surface area contributed by atoms with Gasteiger partial charge in [-0.05, 0) is 42.7 Å². The van der Waals surface area contributed by atoms with Gasteiger partial charge in [-0.15, -0.1) is 0 Å². The van der Waals surface area contributed by atoms with Crippen molar-refractivity contribution in [1.29, 1.82) is 5.26 Å². The van der Waals surface area contributed by atoms with Gasteiger partial charge in [0.2, 0.25) is 10.0 Å². The van der Waals surface area contributed by atoms with Gasteiger partial charge in [-0.3, -0.25) is 9.78 Å². The van der Waals surface area contributed by atoms with Crippen LogP contribution in [0, 0.1) is 11.3 Å². The van der Waals surface area contributed by atoms with Gasteiger partial charge in [-0.1, -0.05) is 17.7 Å². The number of rotatable bonds is 7. The molecule has 3 rings (SSSR count). The van der Waals surface area contributed by atoms with E-state index in [0.29, 0.717) is 13.1 Å². The molecule has 1 aromatic carbocycles. The van der Waals surface area contributed by atoms with E-state index in [9.17, 15) is 13.2 Å². The first-order chi connectivity index (χ1) is 13.9. The highest BCUT2D eigenvalue weighted by molar-refractivity contribution is 7.89. The predicted octanol–water partition coefficient (Wildman–Crippen LogP) is 3.08. The van der Waals surface area contributed by atoms with E-state index in [4.69, 9.17) is 16.9 Å². The average molecular weight is 433 g/mol. The fraction of sp³-hybridized carbons (Fsp3) is 0.350. The Hall–Kier alpha value is -2.47. The average Bonchev–Trinajstić information content (AvgIpc) is 3.27. The van der Waals surface area contributed by atoms with Gasteiger partial charge < -0.3 is 4.90 Å². The van der Waals surface area contributed by atoms with Gasteiger partial charge in [0.05, 0.1) is 17.5 Å². The molecule has 1 saturated heterocycles. The van der Waals surface area contributed by atoms with Crippen LogP contribution in [0.4, 0.5) is 0 Å². The van der Waals surface area contributed by atoms with Gasteiger partial charge in [0, 0.05) is 44.1 Å². The van der Waals surface area contributed by atoms with E-state index in [2.05, 4.69) is 4.98 Å². The van der Waals surface area contributed by atoms with Crippen molar-refractivity contribution in [3.63, 3.8) is 0 Å². The maximum Gasteiger partial charge on any atom is 0.254 e. The molecule has 9 heteroatoms. The zero-order chi connectivity index (χ0) is 20.9. The van der Waals surface area contributed by atoms with Gasteiger partial charge in [-0.25, -0.2) is 8.42 Å². The fourth-order valence-corrected chi connectivity index (χ4v) is 5.25. The second kappa shape index (κ2) is 9.35. The van der Waals surface area contributed by atoms with Crippen LogP contribution in [0.3, 0.4) is 0 Å². The molecule has 7 nitrogen and oxygen atoms in total. The minimum atomic E-state index is -3.76. The highest BCUT2D eigenvalue weighted by Gasteiger charge is 2.30. The number of pyridine rings is 1. The Morgan fingerprint density at radius 3 is 2.69 bits per heavy atom. The van der Waals surface area contributed by atoms with Crippen molar-refractivity contribution in [1.82, 2.24) is 14.2 Å². The third-order valence-corrected chi connectivity index (χ3v) is 7.12. The SMILES string of the molecule is N#CCCN(Cc1cccnc1)C(=O)c1ccc(Cl)c(S(=O)(=O)N2CCCC2)c1. The summed E-state index contributed by atoms with van der Waals surface area (Å²) in [6, 6.07) is 9.93. The van der Waals surface area contributed by atoms with E-state index in [0.717, 1.165) is 18.4 Å². The van der Waals surface area contributed by atoms with Crippen LogP contribution in [0.2, 0.25) is 5.02 Å². The summed E-state index contributed by atoms with van der Waals surface area (Å²) >= 11 is 6.17. The number of nitrogens with zero attached hydrogens (tertiary/aromatic N) is 4. The second-order valence-corrected chi connectivity index (χ2v) is 9.07. The van der Waals surface area contributed by atoms with Gasteiger partial charge in [0.25, 0.3) is 5.91 Å². The summed E-state index contributed by atoms with van der Waals surface area (Å²) in [5, 5.41) is 9.03. The second-order valence-electron chi connectivity index (χ2n) is 6.75. The fourth-order valence-electron chi connectivity index (χ4n) is 3.23. The molecule has 1 amide bonds. The van der Waals surface area contributed by atoms with Crippen LogP contribution in [0.5, 0.6) is 0 Å². The summed E-state index contributed by atoms with van der Waals surface area (Å²) in [6.45, 7) is 1.39. The van der Waals surface area contributed by atoms with Crippen molar-refractivity contribution in [3.05, 3.63) is 58.9 Å². The largest absolute Gasteiger partial charge is 0.333 e. The maximum absolute atomic E-state index is 13.1. The van der Waals surface area contributed by atoms with Crippen molar-refractivity contribution in [3.8, 4) is 6.07 Å². The Labute approximate surface area is 175 Å². The van der Waals surface area contributed by atoms with Crippen LogP contribution in [0.15, 0.2) is 47.6 Å². The molecule has 0 spiro atoms. The number of halogens is 1. The number of benzene rings is 1. The lowest BCUT2D eigenvalue weighted by molar-refractivity contribution is 0.0746. The number of aromatic nitrogens is 1. The van der Waals surface area contributed by atoms with Crippen molar-refractivity contribution in [2.75, 3.05) is 19.6 Å². The molecule has 0 unspecified atom stereocenters. The van der Waals surface area contributed by atoms with Gasteiger partial charge >= 0.3 is 0 Å². The quantitative estimate of drug-likeness (QED) is 0.670. The smallest absolute Gasteiger partial charge is 0.254 e. The molecule has 1 fully saturated rings. The Morgan fingerprint density at radius 2 is 2.03 bits per heavy atom. The summed E-state index contributed by atoms with van der Waals surface area (Å²) in [4.78, 5) is 18.6. The topological polar surface area (TPSA) is 94.4 Å². The summed E-state index contributed by atoms with van der Waals surface area (Å²) in [7, 11) is -3.76. The first-order valence-corrected chi connectivity index (χ1v) is 11.1. The highest BCUT2D eigenvalue weighted by atomic mass is 35.5. The predicted molar refractivity (Wildman–Crippen MR) is 109 cm³/mol. The first kappa shape index (κ1) is 21.2. The van der Waals surface area contributed by atoms with Gasteiger partial charge in [0.15, 0.2) is 0 Å². The minimum absolute atomic E-state index is 0.0615. The summed E-state index contributed by atoms with van der Waals surface area (Å²) in [5.74, 6) is -0.362. The van der Waals surface area contributed by atoms with E-state index in [-0.39, 0.29) is 40.9 Å². The molecular formula is C20H21ClN4O3S. The molecule has 0 radical (unpaired) electrons. The van der Waals surface area contributed by atoms with E-state index >= 15 is 0 Å².